The van der Waals surface area contributed by atoms with E-state index in [0.29, 0.717) is 5.39 Å². The maximum atomic E-state index is 13.1. The summed E-state index contributed by atoms with van der Waals surface area (Å²) in [5, 5.41) is 1.63. The summed E-state index contributed by atoms with van der Waals surface area (Å²) in [4.78, 5) is 18.5. The van der Waals surface area contributed by atoms with Crippen LogP contribution in [-0.2, 0) is 0 Å². The van der Waals surface area contributed by atoms with Crippen LogP contribution in [0.5, 0.6) is 0 Å². The quantitative estimate of drug-likeness (QED) is 0.557. The molecule has 2 aliphatic rings. The van der Waals surface area contributed by atoms with Gasteiger partial charge in [-0.2, -0.15) is 0 Å². The zero-order chi connectivity index (χ0) is 16.7. The highest BCUT2D eigenvalue weighted by Crippen LogP contribution is 2.33. The molecule has 0 radical (unpaired) electrons. The van der Waals surface area contributed by atoms with Crippen LogP contribution >= 0.6 is 0 Å². The molecular weight excluding hydrogens is 298 g/mol. The molecule has 1 aromatic carbocycles. The number of fused-ring (bicyclic) bond motifs is 3. The normalized spacial score (nSPS) is 11.1. The molecule has 0 saturated carbocycles. The molecule has 0 bridgehead atoms. The minimum absolute atomic E-state index is 0.130. The topological polar surface area (TPSA) is 31.2 Å². The number of aromatic nitrogens is 1. The van der Waals surface area contributed by atoms with Crippen LogP contribution in [0.15, 0.2) is 71.5 Å². The molecule has 118 valence electrons. The highest BCUT2D eigenvalue weighted by Gasteiger charge is 2.18. The van der Waals surface area contributed by atoms with Gasteiger partial charge in [0.2, 0.25) is 0 Å². The molecule has 0 amide bonds. The number of pyridine rings is 1. The molecule has 2 aliphatic carbocycles. The van der Waals surface area contributed by atoms with E-state index in [2.05, 4.69) is 6.07 Å². The highest BCUT2D eigenvalue weighted by atomic mass is 16.6. The Morgan fingerprint density at radius 1 is 0.875 bits per heavy atom. The fourth-order valence-corrected chi connectivity index (χ4v) is 3.31. The second-order valence-electron chi connectivity index (χ2n) is 5.88. The Kier molecular flexibility index (Phi) is 3.35. The standard InChI is InChI=1S/C21H17NO2/c1-14-8-6-7-10-17(14)19-13-16-12-15-9-4-3-5-11-18(15)20(16)21(23)22(19)24-2/h3-13H,1-2H3. The monoisotopic (exact) mass is 315 g/mol. The molecule has 1 heterocycles. The van der Waals surface area contributed by atoms with Gasteiger partial charge in [0.1, 0.15) is 7.11 Å². The summed E-state index contributed by atoms with van der Waals surface area (Å²) in [6.45, 7) is 2.03. The SMILES string of the molecule is COn1c(-c2ccccc2C)cc2cc3cccccc-3c2c1=O. The van der Waals surface area contributed by atoms with Crippen LogP contribution in [0.25, 0.3) is 33.2 Å². The van der Waals surface area contributed by atoms with Crippen molar-refractivity contribution in [2.45, 2.75) is 6.92 Å². The van der Waals surface area contributed by atoms with Gasteiger partial charge in [-0.25, -0.2) is 0 Å². The van der Waals surface area contributed by atoms with Gasteiger partial charge >= 0.3 is 0 Å². The molecule has 3 heteroatoms. The van der Waals surface area contributed by atoms with E-state index in [4.69, 9.17) is 4.84 Å². The molecule has 0 spiro atoms. The summed E-state index contributed by atoms with van der Waals surface area (Å²) in [7, 11) is 1.53. The Morgan fingerprint density at radius 2 is 1.58 bits per heavy atom. The predicted molar refractivity (Wildman–Crippen MR) is 97.5 cm³/mol. The van der Waals surface area contributed by atoms with Crippen molar-refractivity contribution < 1.29 is 4.84 Å². The van der Waals surface area contributed by atoms with Crippen LogP contribution < -0.4 is 10.4 Å². The van der Waals surface area contributed by atoms with Crippen molar-refractivity contribution in [1.82, 2.24) is 4.73 Å². The van der Waals surface area contributed by atoms with Crippen molar-refractivity contribution in [2.24, 2.45) is 0 Å². The van der Waals surface area contributed by atoms with Crippen LogP contribution in [0.3, 0.4) is 0 Å². The van der Waals surface area contributed by atoms with Gasteiger partial charge in [0.05, 0.1) is 11.1 Å². The van der Waals surface area contributed by atoms with Crippen LogP contribution in [0.2, 0.25) is 0 Å². The van der Waals surface area contributed by atoms with Crippen molar-refractivity contribution in [3.63, 3.8) is 0 Å². The molecule has 1 aromatic heterocycles. The zero-order valence-corrected chi connectivity index (χ0v) is 13.6. The third-order valence-corrected chi connectivity index (χ3v) is 4.45. The maximum Gasteiger partial charge on any atom is 0.292 e. The Morgan fingerprint density at radius 3 is 2.38 bits per heavy atom. The third-order valence-electron chi connectivity index (χ3n) is 4.45. The molecule has 0 fully saturated rings. The largest absolute Gasteiger partial charge is 0.413 e. The van der Waals surface area contributed by atoms with Gasteiger partial charge in [0.15, 0.2) is 0 Å². The molecule has 3 nitrogen and oxygen atoms in total. The van der Waals surface area contributed by atoms with Gasteiger partial charge in [0.25, 0.3) is 5.56 Å². The number of benzene rings is 1. The average molecular weight is 315 g/mol. The predicted octanol–water partition coefficient (Wildman–Crippen LogP) is 4.14. The van der Waals surface area contributed by atoms with Crippen LogP contribution in [0, 0.1) is 6.92 Å². The van der Waals surface area contributed by atoms with Crippen LogP contribution in [0.4, 0.5) is 0 Å². The lowest BCUT2D eigenvalue weighted by atomic mass is 10.0. The number of hydrogen-bond donors (Lipinski definition) is 0. The smallest absolute Gasteiger partial charge is 0.292 e. The number of rotatable bonds is 2. The average Bonchev–Trinajstić information content (AvgIpc) is 2.77. The molecule has 0 saturated heterocycles. The Bertz CT molecular complexity index is 1080. The lowest BCUT2D eigenvalue weighted by Crippen LogP contribution is -2.26. The molecule has 0 atom stereocenters. The Balaban J connectivity index is 2.14. The first-order chi connectivity index (χ1) is 11.7. The van der Waals surface area contributed by atoms with Gasteiger partial charge in [-0.1, -0.05) is 54.6 Å². The van der Waals surface area contributed by atoms with E-state index >= 15 is 0 Å². The fraction of sp³-hybridized carbons (Fsp3) is 0.0952. The van der Waals surface area contributed by atoms with Gasteiger partial charge in [0, 0.05) is 5.56 Å². The third kappa shape index (κ3) is 2.09. The minimum Gasteiger partial charge on any atom is -0.413 e. The van der Waals surface area contributed by atoms with E-state index in [1.54, 1.807) is 0 Å². The molecule has 24 heavy (non-hydrogen) atoms. The van der Waals surface area contributed by atoms with Gasteiger partial charge in [-0.3, -0.25) is 4.79 Å². The van der Waals surface area contributed by atoms with Crippen molar-refractivity contribution in [1.29, 1.82) is 0 Å². The first-order valence-corrected chi connectivity index (χ1v) is 7.88. The van der Waals surface area contributed by atoms with Crippen molar-refractivity contribution >= 4 is 10.8 Å². The second-order valence-corrected chi connectivity index (χ2v) is 5.88. The van der Waals surface area contributed by atoms with E-state index in [9.17, 15) is 4.79 Å². The summed E-state index contributed by atoms with van der Waals surface area (Å²) in [5.74, 6) is 0. The maximum absolute atomic E-state index is 13.1. The first-order valence-electron chi connectivity index (χ1n) is 7.88. The van der Waals surface area contributed by atoms with Crippen molar-refractivity contribution in [3.05, 3.63) is 82.6 Å². The number of nitrogens with zero attached hydrogens (tertiary/aromatic N) is 1. The van der Waals surface area contributed by atoms with Crippen LogP contribution in [-0.4, -0.2) is 11.8 Å². The first kappa shape index (κ1) is 14.5. The zero-order valence-electron chi connectivity index (χ0n) is 13.6. The lowest BCUT2D eigenvalue weighted by molar-refractivity contribution is 0.163. The van der Waals surface area contributed by atoms with Gasteiger partial charge in [-0.15, -0.1) is 4.73 Å². The number of aryl methyl sites for hydroxylation is 1. The van der Waals surface area contributed by atoms with E-state index in [1.165, 1.54) is 11.8 Å². The van der Waals surface area contributed by atoms with Gasteiger partial charge < -0.3 is 4.84 Å². The van der Waals surface area contributed by atoms with E-state index < -0.39 is 0 Å². The van der Waals surface area contributed by atoms with E-state index in [0.717, 1.165) is 33.3 Å². The highest BCUT2D eigenvalue weighted by molar-refractivity contribution is 6.02. The fourth-order valence-electron chi connectivity index (χ4n) is 3.31. The number of hydrogen-bond acceptors (Lipinski definition) is 2. The molecule has 0 unspecified atom stereocenters. The Hall–Kier alpha value is -3.07. The second kappa shape index (κ2) is 5.53. The molecule has 2 aromatic rings. The van der Waals surface area contributed by atoms with Crippen molar-refractivity contribution in [2.75, 3.05) is 7.11 Å². The summed E-state index contributed by atoms with van der Waals surface area (Å²) in [5.41, 5.74) is 4.74. The van der Waals surface area contributed by atoms with Crippen LogP contribution in [0.1, 0.15) is 5.56 Å². The van der Waals surface area contributed by atoms with Crippen molar-refractivity contribution in [3.8, 4) is 22.4 Å². The summed E-state index contributed by atoms with van der Waals surface area (Å²) < 4.78 is 1.39. The lowest BCUT2D eigenvalue weighted by Gasteiger charge is -2.13. The Labute approximate surface area is 140 Å². The molecule has 4 rings (SSSR count). The molecule has 0 aliphatic heterocycles. The van der Waals surface area contributed by atoms with Gasteiger partial charge in [-0.05, 0) is 41.1 Å². The summed E-state index contributed by atoms with van der Waals surface area (Å²) in [6, 6.07) is 22.0. The minimum atomic E-state index is -0.130. The van der Waals surface area contributed by atoms with E-state index in [1.807, 2.05) is 67.6 Å². The molecule has 0 N–H and O–H groups in total. The summed E-state index contributed by atoms with van der Waals surface area (Å²) in [6.07, 6.45) is 0. The summed E-state index contributed by atoms with van der Waals surface area (Å²) >= 11 is 0. The molecular formula is C21H17NO2. The van der Waals surface area contributed by atoms with E-state index in [-0.39, 0.29) is 5.56 Å².